The first kappa shape index (κ1) is 18.1. The van der Waals surface area contributed by atoms with Crippen molar-refractivity contribution in [3.63, 3.8) is 0 Å². The van der Waals surface area contributed by atoms with Crippen LogP contribution in [-0.2, 0) is 4.79 Å². The number of carbonyl (C=O) groups excluding carboxylic acids is 1. The summed E-state index contributed by atoms with van der Waals surface area (Å²) in [5.74, 6) is 1.03. The van der Waals surface area contributed by atoms with Crippen LogP contribution in [-0.4, -0.2) is 32.2 Å². The highest BCUT2D eigenvalue weighted by molar-refractivity contribution is 6.04. The topological polar surface area (TPSA) is 65.0 Å². The van der Waals surface area contributed by atoms with Gasteiger partial charge in [-0.15, -0.1) is 0 Å². The number of methoxy groups -OCH3 is 3. The summed E-state index contributed by atoms with van der Waals surface area (Å²) >= 11 is 0. The van der Waals surface area contributed by atoms with E-state index in [1.807, 2.05) is 24.3 Å². The first-order valence-corrected chi connectivity index (χ1v) is 7.56. The molecule has 2 aromatic rings. The quantitative estimate of drug-likeness (QED) is 0.778. The summed E-state index contributed by atoms with van der Waals surface area (Å²) in [6, 6.07) is 10.6. The highest BCUT2D eigenvalue weighted by atomic mass is 16.5. The van der Waals surface area contributed by atoms with Crippen molar-refractivity contribution in [1.29, 1.82) is 0 Å². The van der Waals surface area contributed by atoms with Gasteiger partial charge in [0.25, 0.3) is 0 Å². The van der Waals surface area contributed by atoms with Crippen LogP contribution in [0, 0.1) is 0 Å². The Labute approximate surface area is 146 Å². The lowest BCUT2D eigenvalue weighted by molar-refractivity contribution is -0.110. The highest BCUT2D eigenvalue weighted by Crippen LogP contribution is 2.37. The summed E-state index contributed by atoms with van der Waals surface area (Å²) in [6.45, 7) is 0. The normalized spacial score (nSPS) is 11.0. The Morgan fingerprint density at radius 1 is 0.880 bits per heavy atom. The lowest BCUT2D eigenvalue weighted by Crippen LogP contribution is -1.91. The Kier molecular flexibility index (Phi) is 6.23. The number of phenolic OH excluding ortho intramolecular Hbond substituents is 1. The highest BCUT2D eigenvalue weighted by Gasteiger charge is 2.09. The van der Waals surface area contributed by atoms with E-state index in [1.54, 1.807) is 31.4 Å². The number of allylic oxidation sites excluding steroid dienone is 2. The molecule has 5 nitrogen and oxygen atoms in total. The molecule has 0 heterocycles. The summed E-state index contributed by atoms with van der Waals surface area (Å²) in [4.78, 5) is 12.0. The van der Waals surface area contributed by atoms with Gasteiger partial charge in [0, 0.05) is 0 Å². The van der Waals surface area contributed by atoms with Crippen LogP contribution in [0.2, 0.25) is 0 Å². The first-order valence-electron chi connectivity index (χ1n) is 7.56. The van der Waals surface area contributed by atoms with Gasteiger partial charge in [-0.05, 0) is 47.5 Å². The molecule has 0 radical (unpaired) electrons. The molecule has 0 aromatic heterocycles. The van der Waals surface area contributed by atoms with Crippen LogP contribution in [0.3, 0.4) is 0 Å². The Morgan fingerprint density at radius 2 is 1.48 bits per heavy atom. The molecule has 0 unspecified atom stereocenters. The van der Waals surface area contributed by atoms with E-state index in [4.69, 9.17) is 14.2 Å². The zero-order valence-electron chi connectivity index (χ0n) is 14.4. The molecule has 0 atom stereocenters. The van der Waals surface area contributed by atoms with Crippen LogP contribution in [0.25, 0.3) is 12.2 Å². The van der Waals surface area contributed by atoms with Gasteiger partial charge in [-0.1, -0.05) is 24.3 Å². The SMILES string of the molecule is COc1cccc(/C=C/C(=O)/C=C/c2cc(OC)c(O)c(OC)c2)c1. The van der Waals surface area contributed by atoms with Gasteiger partial charge in [-0.25, -0.2) is 0 Å². The van der Waals surface area contributed by atoms with Crippen molar-refractivity contribution in [2.75, 3.05) is 21.3 Å². The largest absolute Gasteiger partial charge is 0.502 e. The zero-order valence-corrected chi connectivity index (χ0v) is 14.4. The van der Waals surface area contributed by atoms with Crippen LogP contribution < -0.4 is 14.2 Å². The number of hydrogen-bond acceptors (Lipinski definition) is 5. The van der Waals surface area contributed by atoms with Crippen LogP contribution in [0.1, 0.15) is 11.1 Å². The maximum atomic E-state index is 12.0. The summed E-state index contributed by atoms with van der Waals surface area (Å²) in [6.07, 6.45) is 6.25. The van der Waals surface area contributed by atoms with Gasteiger partial charge in [0.15, 0.2) is 17.3 Å². The molecule has 25 heavy (non-hydrogen) atoms. The van der Waals surface area contributed by atoms with Gasteiger partial charge in [0.1, 0.15) is 5.75 Å². The summed E-state index contributed by atoms with van der Waals surface area (Å²) in [5.41, 5.74) is 1.55. The average molecular weight is 340 g/mol. The Bertz CT molecular complexity index is 780. The molecule has 0 bridgehead atoms. The Morgan fingerprint density at radius 3 is 2.04 bits per heavy atom. The lowest BCUT2D eigenvalue weighted by atomic mass is 10.1. The standard InChI is InChI=1S/C20H20O5/c1-23-17-6-4-5-14(11-17)7-9-16(21)10-8-15-12-18(24-2)20(22)19(13-15)25-3/h4-13,22H,1-3H3/b9-7+,10-8+. The molecule has 5 heteroatoms. The first-order chi connectivity index (χ1) is 12.1. The number of benzene rings is 2. The molecule has 0 amide bonds. The van der Waals surface area contributed by atoms with Gasteiger partial charge in [-0.3, -0.25) is 4.79 Å². The van der Waals surface area contributed by atoms with Crippen LogP contribution >= 0.6 is 0 Å². The number of carbonyl (C=O) groups is 1. The molecule has 130 valence electrons. The van der Waals surface area contributed by atoms with Crippen molar-refractivity contribution in [3.8, 4) is 23.0 Å². The van der Waals surface area contributed by atoms with E-state index >= 15 is 0 Å². The third kappa shape index (κ3) is 4.88. The van der Waals surface area contributed by atoms with Crippen LogP contribution in [0.5, 0.6) is 23.0 Å². The molecule has 0 aliphatic rings. The summed E-state index contributed by atoms with van der Waals surface area (Å²) in [5, 5.41) is 9.88. The Balaban J connectivity index is 2.13. The predicted octanol–water partition coefficient (Wildman–Crippen LogP) is 3.71. The predicted molar refractivity (Wildman–Crippen MR) is 97.3 cm³/mol. The minimum absolute atomic E-state index is 0.0774. The van der Waals surface area contributed by atoms with Crippen LogP contribution in [0.4, 0.5) is 0 Å². The van der Waals surface area contributed by atoms with Crippen molar-refractivity contribution in [3.05, 3.63) is 59.7 Å². The Hall–Kier alpha value is -3.21. The third-order valence-corrected chi connectivity index (χ3v) is 3.48. The van der Waals surface area contributed by atoms with Gasteiger partial charge in [0.2, 0.25) is 5.75 Å². The average Bonchev–Trinajstić information content (AvgIpc) is 2.65. The molecule has 1 N–H and O–H groups in total. The van der Waals surface area contributed by atoms with Crippen LogP contribution in [0.15, 0.2) is 48.6 Å². The second-order valence-corrected chi connectivity index (χ2v) is 5.12. The molecule has 2 aromatic carbocycles. The fourth-order valence-corrected chi connectivity index (χ4v) is 2.17. The molecular formula is C20H20O5. The van der Waals surface area contributed by atoms with Crippen molar-refractivity contribution in [1.82, 2.24) is 0 Å². The fraction of sp³-hybridized carbons (Fsp3) is 0.150. The molecule has 0 spiro atoms. The van der Waals surface area contributed by atoms with Crippen molar-refractivity contribution < 1.29 is 24.1 Å². The zero-order chi connectivity index (χ0) is 18.2. The number of ketones is 1. The number of ether oxygens (including phenoxy) is 3. The molecule has 0 saturated heterocycles. The maximum Gasteiger partial charge on any atom is 0.200 e. The smallest absolute Gasteiger partial charge is 0.200 e. The number of phenols is 1. The number of rotatable bonds is 7. The van der Waals surface area contributed by atoms with Crippen molar-refractivity contribution in [2.24, 2.45) is 0 Å². The number of aromatic hydroxyl groups is 1. The minimum Gasteiger partial charge on any atom is -0.502 e. The van der Waals surface area contributed by atoms with Gasteiger partial charge >= 0.3 is 0 Å². The molecule has 0 fully saturated rings. The molecule has 0 aliphatic heterocycles. The van der Waals surface area contributed by atoms with E-state index in [1.165, 1.54) is 26.4 Å². The molecule has 2 rings (SSSR count). The van der Waals surface area contributed by atoms with E-state index in [0.717, 1.165) is 11.3 Å². The minimum atomic E-state index is -0.172. The van der Waals surface area contributed by atoms with E-state index in [-0.39, 0.29) is 23.0 Å². The van der Waals surface area contributed by atoms with Crippen molar-refractivity contribution in [2.45, 2.75) is 0 Å². The molecule has 0 saturated carbocycles. The summed E-state index contributed by atoms with van der Waals surface area (Å²) < 4.78 is 15.3. The van der Waals surface area contributed by atoms with E-state index in [0.29, 0.717) is 5.56 Å². The van der Waals surface area contributed by atoms with E-state index < -0.39 is 0 Å². The number of hydrogen-bond donors (Lipinski definition) is 1. The third-order valence-electron chi connectivity index (χ3n) is 3.48. The lowest BCUT2D eigenvalue weighted by Gasteiger charge is -2.09. The van der Waals surface area contributed by atoms with Crippen molar-refractivity contribution >= 4 is 17.9 Å². The summed E-state index contributed by atoms with van der Waals surface area (Å²) in [7, 11) is 4.49. The van der Waals surface area contributed by atoms with E-state index in [2.05, 4.69) is 0 Å². The van der Waals surface area contributed by atoms with Gasteiger partial charge < -0.3 is 19.3 Å². The van der Waals surface area contributed by atoms with E-state index in [9.17, 15) is 9.90 Å². The molecular weight excluding hydrogens is 320 g/mol. The van der Waals surface area contributed by atoms with Gasteiger partial charge in [0.05, 0.1) is 21.3 Å². The second kappa shape index (κ2) is 8.59. The maximum absolute atomic E-state index is 12.0. The molecule has 0 aliphatic carbocycles. The fourth-order valence-electron chi connectivity index (χ4n) is 2.17. The second-order valence-electron chi connectivity index (χ2n) is 5.12. The monoisotopic (exact) mass is 340 g/mol. The van der Waals surface area contributed by atoms with Gasteiger partial charge in [-0.2, -0.15) is 0 Å².